The average Bonchev–Trinajstić information content (AvgIpc) is 2.30. The number of hydrogen-bond donors (Lipinski definition) is 2. The highest BCUT2D eigenvalue weighted by Gasteiger charge is 2.31. The van der Waals surface area contributed by atoms with Crippen molar-refractivity contribution in [1.82, 2.24) is 4.90 Å². The third-order valence-corrected chi connectivity index (χ3v) is 4.11. The fourth-order valence-electron chi connectivity index (χ4n) is 2.24. The highest BCUT2D eigenvalue weighted by atomic mass is 79.9. The molecule has 1 heterocycles. The standard InChI is InChI=1S/C13H16BrNO2S/c1-13(17)5-2-6-15(8-13)12(16)10-7-9(18)3-4-11(10)14/h3-4,7,17-18H,2,5-6,8H2,1H3. The number of aliphatic hydroxyl groups is 1. The van der Waals surface area contributed by atoms with Crippen molar-refractivity contribution >= 4 is 34.5 Å². The summed E-state index contributed by atoms with van der Waals surface area (Å²) >= 11 is 7.64. The quantitative estimate of drug-likeness (QED) is 0.778. The van der Waals surface area contributed by atoms with Crippen molar-refractivity contribution in [3.63, 3.8) is 0 Å². The molecule has 1 saturated heterocycles. The largest absolute Gasteiger partial charge is 0.388 e. The van der Waals surface area contributed by atoms with Crippen LogP contribution >= 0.6 is 28.6 Å². The van der Waals surface area contributed by atoms with Crippen LogP contribution in [-0.4, -0.2) is 34.6 Å². The van der Waals surface area contributed by atoms with Gasteiger partial charge in [0.05, 0.1) is 11.2 Å². The van der Waals surface area contributed by atoms with E-state index < -0.39 is 5.60 Å². The number of carbonyl (C=O) groups excluding carboxylic acids is 1. The van der Waals surface area contributed by atoms with Crippen molar-refractivity contribution in [2.75, 3.05) is 13.1 Å². The van der Waals surface area contributed by atoms with Crippen LogP contribution in [0, 0.1) is 0 Å². The lowest BCUT2D eigenvalue weighted by atomic mass is 9.94. The molecule has 0 bridgehead atoms. The van der Waals surface area contributed by atoms with Crippen molar-refractivity contribution in [2.45, 2.75) is 30.3 Å². The number of halogens is 1. The number of piperidine rings is 1. The summed E-state index contributed by atoms with van der Waals surface area (Å²) in [6.45, 7) is 2.85. The summed E-state index contributed by atoms with van der Waals surface area (Å²) in [5, 5.41) is 10.0. The summed E-state index contributed by atoms with van der Waals surface area (Å²) in [6, 6.07) is 5.40. The molecule has 2 rings (SSSR count). The molecule has 0 radical (unpaired) electrons. The van der Waals surface area contributed by atoms with E-state index in [1.165, 1.54) is 0 Å². The zero-order valence-electron chi connectivity index (χ0n) is 10.2. The smallest absolute Gasteiger partial charge is 0.255 e. The van der Waals surface area contributed by atoms with E-state index in [4.69, 9.17) is 0 Å². The molecule has 1 N–H and O–H groups in total. The van der Waals surface area contributed by atoms with Gasteiger partial charge in [-0.15, -0.1) is 12.6 Å². The Morgan fingerprint density at radius 1 is 1.56 bits per heavy atom. The minimum absolute atomic E-state index is 0.0576. The Labute approximate surface area is 121 Å². The number of amides is 1. The predicted octanol–water partition coefficient (Wildman–Crippen LogP) is 2.72. The van der Waals surface area contributed by atoms with Crippen LogP contribution in [0.1, 0.15) is 30.1 Å². The maximum absolute atomic E-state index is 12.4. The zero-order chi connectivity index (χ0) is 13.3. The number of β-amino-alcohol motifs (C(OH)–C–C–N with tert-alkyl or cyclic N) is 1. The highest BCUT2D eigenvalue weighted by Crippen LogP contribution is 2.26. The van der Waals surface area contributed by atoms with Crippen LogP contribution in [0.4, 0.5) is 0 Å². The van der Waals surface area contributed by atoms with Crippen molar-refractivity contribution in [2.24, 2.45) is 0 Å². The van der Waals surface area contributed by atoms with Crippen LogP contribution in [0.15, 0.2) is 27.6 Å². The van der Waals surface area contributed by atoms with Gasteiger partial charge >= 0.3 is 0 Å². The Hall–Kier alpha value is -0.520. The normalized spacial score (nSPS) is 24.1. The van der Waals surface area contributed by atoms with Crippen LogP contribution in [0.5, 0.6) is 0 Å². The molecule has 1 amide bonds. The topological polar surface area (TPSA) is 40.5 Å². The molecule has 98 valence electrons. The second-order valence-electron chi connectivity index (χ2n) is 4.99. The molecule has 0 aliphatic carbocycles. The van der Waals surface area contributed by atoms with E-state index in [1.54, 1.807) is 17.9 Å². The van der Waals surface area contributed by atoms with Gasteiger partial charge < -0.3 is 10.0 Å². The van der Waals surface area contributed by atoms with Gasteiger partial charge in [0, 0.05) is 22.5 Å². The minimum atomic E-state index is -0.779. The fourth-order valence-corrected chi connectivity index (χ4v) is 2.86. The summed E-state index contributed by atoms with van der Waals surface area (Å²) in [5.74, 6) is -0.0576. The lowest BCUT2D eigenvalue weighted by molar-refractivity contribution is -0.0107. The van der Waals surface area contributed by atoms with Crippen molar-refractivity contribution in [3.05, 3.63) is 28.2 Å². The molecule has 0 spiro atoms. The molecule has 1 aromatic carbocycles. The Morgan fingerprint density at radius 3 is 2.94 bits per heavy atom. The van der Waals surface area contributed by atoms with E-state index in [2.05, 4.69) is 28.6 Å². The molecule has 0 saturated carbocycles. The number of likely N-dealkylation sites (tertiary alicyclic amines) is 1. The van der Waals surface area contributed by atoms with Gasteiger partial charge in [0.2, 0.25) is 0 Å². The molecule has 1 fully saturated rings. The summed E-state index contributed by atoms with van der Waals surface area (Å²) < 4.78 is 0.760. The molecule has 1 aliphatic heterocycles. The van der Waals surface area contributed by atoms with Crippen LogP contribution < -0.4 is 0 Å². The molecule has 5 heteroatoms. The molecule has 1 unspecified atom stereocenters. The van der Waals surface area contributed by atoms with Gasteiger partial charge in [-0.05, 0) is 53.9 Å². The first-order valence-electron chi connectivity index (χ1n) is 5.89. The Balaban J connectivity index is 2.23. The number of thiol groups is 1. The third kappa shape index (κ3) is 3.08. The lowest BCUT2D eigenvalue weighted by Gasteiger charge is -2.37. The SMILES string of the molecule is CC1(O)CCCN(C(=O)c2cc(S)ccc2Br)C1. The minimum Gasteiger partial charge on any atom is -0.388 e. The van der Waals surface area contributed by atoms with E-state index in [0.29, 0.717) is 18.7 Å². The summed E-state index contributed by atoms with van der Waals surface area (Å²) in [4.78, 5) is 14.9. The number of rotatable bonds is 1. The van der Waals surface area contributed by atoms with Crippen molar-refractivity contribution in [1.29, 1.82) is 0 Å². The van der Waals surface area contributed by atoms with E-state index in [0.717, 1.165) is 22.2 Å². The van der Waals surface area contributed by atoms with Gasteiger partial charge in [0.15, 0.2) is 0 Å². The third-order valence-electron chi connectivity index (χ3n) is 3.14. The molecule has 0 aromatic heterocycles. The molecule has 1 atom stereocenters. The van der Waals surface area contributed by atoms with E-state index >= 15 is 0 Å². The highest BCUT2D eigenvalue weighted by molar-refractivity contribution is 9.10. The average molecular weight is 330 g/mol. The second-order valence-corrected chi connectivity index (χ2v) is 6.36. The first kappa shape index (κ1) is 13.9. The number of nitrogens with zero attached hydrogens (tertiary/aromatic N) is 1. The van der Waals surface area contributed by atoms with Gasteiger partial charge in [0.25, 0.3) is 5.91 Å². The number of benzene rings is 1. The van der Waals surface area contributed by atoms with Crippen molar-refractivity contribution < 1.29 is 9.90 Å². The van der Waals surface area contributed by atoms with Gasteiger partial charge in [-0.25, -0.2) is 0 Å². The fraction of sp³-hybridized carbons (Fsp3) is 0.462. The molecular formula is C13H16BrNO2S. The van der Waals surface area contributed by atoms with Crippen LogP contribution in [0.3, 0.4) is 0 Å². The molecule has 18 heavy (non-hydrogen) atoms. The van der Waals surface area contributed by atoms with E-state index in [-0.39, 0.29) is 5.91 Å². The van der Waals surface area contributed by atoms with E-state index in [1.807, 2.05) is 12.1 Å². The predicted molar refractivity (Wildman–Crippen MR) is 77.2 cm³/mol. The monoisotopic (exact) mass is 329 g/mol. The Bertz CT molecular complexity index is 476. The maximum Gasteiger partial charge on any atom is 0.255 e. The van der Waals surface area contributed by atoms with Crippen LogP contribution in [-0.2, 0) is 0 Å². The Morgan fingerprint density at radius 2 is 2.28 bits per heavy atom. The second kappa shape index (κ2) is 5.23. The van der Waals surface area contributed by atoms with Crippen LogP contribution in [0.25, 0.3) is 0 Å². The first-order valence-corrected chi connectivity index (χ1v) is 7.13. The van der Waals surface area contributed by atoms with E-state index in [9.17, 15) is 9.90 Å². The lowest BCUT2D eigenvalue weighted by Crippen LogP contribution is -2.48. The van der Waals surface area contributed by atoms with Gasteiger partial charge in [-0.3, -0.25) is 4.79 Å². The van der Waals surface area contributed by atoms with Gasteiger partial charge in [-0.1, -0.05) is 0 Å². The number of carbonyl (C=O) groups is 1. The van der Waals surface area contributed by atoms with Crippen molar-refractivity contribution in [3.8, 4) is 0 Å². The summed E-state index contributed by atoms with van der Waals surface area (Å²) in [6.07, 6.45) is 1.57. The number of hydrogen-bond acceptors (Lipinski definition) is 3. The maximum atomic E-state index is 12.4. The summed E-state index contributed by atoms with van der Waals surface area (Å²) in [7, 11) is 0. The Kier molecular flexibility index (Phi) is 4.04. The van der Waals surface area contributed by atoms with Crippen LogP contribution in [0.2, 0.25) is 0 Å². The molecule has 1 aromatic rings. The zero-order valence-corrected chi connectivity index (χ0v) is 12.7. The molecular weight excluding hydrogens is 314 g/mol. The molecule has 3 nitrogen and oxygen atoms in total. The first-order chi connectivity index (χ1) is 8.39. The summed E-state index contributed by atoms with van der Waals surface area (Å²) in [5.41, 5.74) is -0.181. The molecule has 1 aliphatic rings. The van der Waals surface area contributed by atoms with Gasteiger partial charge in [0.1, 0.15) is 0 Å². The van der Waals surface area contributed by atoms with Gasteiger partial charge in [-0.2, -0.15) is 0 Å².